The number of ether oxygens (including phenoxy) is 1. The van der Waals surface area contributed by atoms with Gasteiger partial charge in [0.25, 0.3) is 5.91 Å². The number of benzene rings is 1. The van der Waals surface area contributed by atoms with E-state index in [1.165, 1.54) is 25.4 Å². The molecule has 0 aliphatic rings. The summed E-state index contributed by atoms with van der Waals surface area (Å²) >= 11 is 3.26. The van der Waals surface area contributed by atoms with Crippen LogP contribution in [0.5, 0.6) is 5.88 Å². The first kappa shape index (κ1) is 15.0. The molecule has 2 N–H and O–H groups in total. The van der Waals surface area contributed by atoms with Crippen LogP contribution in [0.25, 0.3) is 0 Å². The number of anilines is 1. The predicted molar refractivity (Wildman–Crippen MR) is 79.8 cm³/mol. The molecule has 1 aromatic heterocycles. The molecule has 0 unspecified atom stereocenters. The van der Waals surface area contributed by atoms with Crippen molar-refractivity contribution in [2.45, 2.75) is 0 Å². The SMILES string of the molecule is COc1ncccc1C(=O)Nc1cc(C(=O)O)ccc1Br. The third-order valence-electron chi connectivity index (χ3n) is 2.67. The molecule has 21 heavy (non-hydrogen) atoms. The Labute approximate surface area is 128 Å². The minimum absolute atomic E-state index is 0.0756. The number of amides is 1. The molecule has 108 valence electrons. The van der Waals surface area contributed by atoms with E-state index in [9.17, 15) is 9.59 Å². The van der Waals surface area contributed by atoms with Crippen molar-refractivity contribution in [3.05, 3.63) is 52.1 Å². The van der Waals surface area contributed by atoms with Crippen LogP contribution in [0, 0.1) is 0 Å². The minimum atomic E-state index is -1.07. The number of carboxylic acids is 1. The summed E-state index contributed by atoms with van der Waals surface area (Å²) < 4.78 is 5.59. The molecule has 0 aliphatic heterocycles. The number of carbonyl (C=O) groups excluding carboxylic acids is 1. The average molecular weight is 351 g/mol. The van der Waals surface area contributed by atoms with Crippen LogP contribution < -0.4 is 10.1 Å². The van der Waals surface area contributed by atoms with Crippen LogP contribution in [0.15, 0.2) is 41.0 Å². The summed E-state index contributed by atoms with van der Waals surface area (Å²) in [6.07, 6.45) is 1.51. The molecule has 0 atom stereocenters. The molecule has 2 rings (SSSR count). The molecule has 0 aliphatic carbocycles. The van der Waals surface area contributed by atoms with Gasteiger partial charge in [0.1, 0.15) is 5.56 Å². The first-order valence-corrected chi connectivity index (χ1v) is 6.65. The molecule has 0 spiro atoms. The summed E-state index contributed by atoms with van der Waals surface area (Å²) in [6.45, 7) is 0. The van der Waals surface area contributed by atoms with Gasteiger partial charge in [-0.15, -0.1) is 0 Å². The van der Waals surface area contributed by atoms with Gasteiger partial charge in [-0.1, -0.05) is 0 Å². The van der Waals surface area contributed by atoms with E-state index in [4.69, 9.17) is 9.84 Å². The number of aromatic carboxylic acids is 1. The lowest BCUT2D eigenvalue weighted by Crippen LogP contribution is -2.14. The number of nitrogens with zero attached hydrogens (tertiary/aromatic N) is 1. The standard InChI is InChI=1S/C14H11BrN2O4/c1-21-13-9(3-2-6-16-13)12(18)17-11-7-8(14(19)20)4-5-10(11)15/h2-7H,1H3,(H,17,18)(H,19,20). The fourth-order valence-corrected chi connectivity index (χ4v) is 2.02. The fourth-order valence-electron chi connectivity index (χ4n) is 1.67. The van der Waals surface area contributed by atoms with Gasteiger partial charge in [-0.05, 0) is 46.3 Å². The molecule has 6 nitrogen and oxygen atoms in total. The molecule has 1 aromatic carbocycles. The van der Waals surface area contributed by atoms with Crippen molar-refractivity contribution in [1.29, 1.82) is 0 Å². The maximum absolute atomic E-state index is 12.2. The highest BCUT2D eigenvalue weighted by Gasteiger charge is 2.15. The third kappa shape index (κ3) is 3.38. The molecule has 2 aromatic rings. The summed E-state index contributed by atoms with van der Waals surface area (Å²) in [5, 5.41) is 11.6. The van der Waals surface area contributed by atoms with E-state index in [0.29, 0.717) is 10.2 Å². The Balaban J connectivity index is 2.31. The monoisotopic (exact) mass is 350 g/mol. The van der Waals surface area contributed by atoms with Crippen LogP contribution in [-0.2, 0) is 0 Å². The number of rotatable bonds is 4. The summed E-state index contributed by atoms with van der Waals surface area (Å²) in [5.41, 5.74) is 0.685. The molecule has 0 bridgehead atoms. The van der Waals surface area contributed by atoms with E-state index in [-0.39, 0.29) is 17.0 Å². The van der Waals surface area contributed by atoms with Gasteiger partial charge in [0.05, 0.1) is 18.4 Å². The Morgan fingerprint density at radius 2 is 2.10 bits per heavy atom. The Bertz CT molecular complexity index is 703. The van der Waals surface area contributed by atoms with E-state index in [1.807, 2.05) is 0 Å². The molecule has 7 heteroatoms. The van der Waals surface area contributed by atoms with Gasteiger partial charge in [-0.25, -0.2) is 9.78 Å². The van der Waals surface area contributed by atoms with Crippen molar-refractivity contribution >= 4 is 33.5 Å². The number of hydrogen-bond donors (Lipinski definition) is 2. The van der Waals surface area contributed by atoms with E-state index < -0.39 is 11.9 Å². The molecule has 1 heterocycles. The fraction of sp³-hybridized carbons (Fsp3) is 0.0714. The van der Waals surface area contributed by atoms with Crippen LogP contribution in [0.3, 0.4) is 0 Å². The Morgan fingerprint density at radius 1 is 1.33 bits per heavy atom. The number of carboxylic acid groups (broad SMARTS) is 1. The zero-order valence-electron chi connectivity index (χ0n) is 11.0. The maximum Gasteiger partial charge on any atom is 0.335 e. The van der Waals surface area contributed by atoms with Crippen LogP contribution in [0.2, 0.25) is 0 Å². The smallest absolute Gasteiger partial charge is 0.335 e. The van der Waals surface area contributed by atoms with Crippen molar-refractivity contribution in [3.63, 3.8) is 0 Å². The van der Waals surface area contributed by atoms with Crippen molar-refractivity contribution in [2.24, 2.45) is 0 Å². The van der Waals surface area contributed by atoms with Crippen molar-refractivity contribution in [2.75, 3.05) is 12.4 Å². The molecular formula is C14H11BrN2O4. The minimum Gasteiger partial charge on any atom is -0.480 e. The van der Waals surface area contributed by atoms with Crippen molar-refractivity contribution < 1.29 is 19.4 Å². The van der Waals surface area contributed by atoms with Gasteiger partial charge in [0.2, 0.25) is 5.88 Å². The Kier molecular flexibility index (Phi) is 4.54. The number of aromatic nitrogens is 1. The van der Waals surface area contributed by atoms with Crippen LogP contribution >= 0.6 is 15.9 Å². The van der Waals surface area contributed by atoms with Gasteiger partial charge < -0.3 is 15.2 Å². The van der Waals surface area contributed by atoms with Gasteiger partial charge in [-0.3, -0.25) is 4.79 Å². The number of halogens is 1. The van der Waals surface area contributed by atoms with Gasteiger partial charge in [-0.2, -0.15) is 0 Å². The summed E-state index contributed by atoms with van der Waals surface area (Å²) in [6, 6.07) is 7.54. The largest absolute Gasteiger partial charge is 0.480 e. The normalized spacial score (nSPS) is 10.0. The lowest BCUT2D eigenvalue weighted by Gasteiger charge is -2.10. The summed E-state index contributed by atoms with van der Waals surface area (Å²) in [4.78, 5) is 27.1. The van der Waals surface area contributed by atoms with Gasteiger partial charge in [0, 0.05) is 10.7 Å². The van der Waals surface area contributed by atoms with Crippen molar-refractivity contribution in [1.82, 2.24) is 4.98 Å². The van der Waals surface area contributed by atoms with Crippen LogP contribution in [-0.4, -0.2) is 29.1 Å². The number of methoxy groups -OCH3 is 1. The molecule has 0 saturated heterocycles. The highest BCUT2D eigenvalue weighted by Crippen LogP contribution is 2.25. The zero-order valence-corrected chi connectivity index (χ0v) is 12.5. The first-order valence-electron chi connectivity index (χ1n) is 5.86. The quantitative estimate of drug-likeness (QED) is 0.884. The second kappa shape index (κ2) is 6.36. The van der Waals surface area contributed by atoms with Crippen molar-refractivity contribution in [3.8, 4) is 5.88 Å². The molecule has 1 amide bonds. The highest BCUT2D eigenvalue weighted by molar-refractivity contribution is 9.10. The number of pyridine rings is 1. The average Bonchev–Trinajstić information content (AvgIpc) is 2.49. The highest BCUT2D eigenvalue weighted by atomic mass is 79.9. The lowest BCUT2D eigenvalue weighted by molar-refractivity contribution is 0.0696. The van der Waals surface area contributed by atoms with E-state index in [2.05, 4.69) is 26.2 Å². The predicted octanol–water partition coefficient (Wildman–Crippen LogP) is 2.80. The lowest BCUT2D eigenvalue weighted by atomic mass is 10.2. The van der Waals surface area contributed by atoms with Gasteiger partial charge >= 0.3 is 5.97 Å². The second-order valence-electron chi connectivity index (χ2n) is 4.01. The number of nitrogens with one attached hydrogen (secondary N) is 1. The zero-order chi connectivity index (χ0) is 15.4. The number of carbonyl (C=O) groups is 2. The van der Waals surface area contributed by atoms with E-state index in [1.54, 1.807) is 18.2 Å². The first-order chi connectivity index (χ1) is 10.0. The molecule has 0 radical (unpaired) electrons. The number of hydrogen-bond acceptors (Lipinski definition) is 4. The summed E-state index contributed by atoms with van der Waals surface area (Å²) in [5.74, 6) is -1.32. The topological polar surface area (TPSA) is 88.5 Å². The van der Waals surface area contributed by atoms with Gasteiger partial charge in [0.15, 0.2) is 0 Å². The van der Waals surface area contributed by atoms with Crippen LogP contribution in [0.1, 0.15) is 20.7 Å². The Hall–Kier alpha value is -2.41. The second-order valence-corrected chi connectivity index (χ2v) is 4.87. The third-order valence-corrected chi connectivity index (χ3v) is 3.36. The maximum atomic E-state index is 12.2. The van der Waals surface area contributed by atoms with Crippen LogP contribution in [0.4, 0.5) is 5.69 Å². The molecule has 0 saturated carbocycles. The molecular weight excluding hydrogens is 340 g/mol. The van der Waals surface area contributed by atoms with E-state index in [0.717, 1.165) is 0 Å². The van der Waals surface area contributed by atoms with E-state index >= 15 is 0 Å². The Morgan fingerprint density at radius 3 is 2.76 bits per heavy atom. The summed E-state index contributed by atoms with van der Waals surface area (Å²) in [7, 11) is 1.42. The molecule has 0 fully saturated rings.